The van der Waals surface area contributed by atoms with Crippen LogP contribution >= 0.6 is 0 Å². The van der Waals surface area contributed by atoms with E-state index in [1.165, 1.54) is 0 Å². The zero-order valence-corrected chi connectivity index (χ0v) is 13.1. The zero-order valence-electron chi connectivity index (χ0n) is 13.1. The summed E-state index contributed by atoms with van der Waals surface area (Å²) in [5.41, 5.74) is 0.896. The van der Waals surface area contributed by atoms with E-state index in [-0.39, 0.29) is 5.78 Å². The van der Waals surface area contributed by atoms with Crippen LogP contribution in [-0.2, 0) is 6.54 Å². The van der Waals surface area contributed by atoms with Crippen molar-refractivity contribution in [3.05, 3.63) is 29.3 Å². The summed E-state index contributed by atoms with van der Waals surface area (Å²) >= 11 is 0. The van der Waals surface area contributed by atoms with Crippen molar-refractivity contribution in [2.24, 2.45) is 0 Å². The van der Waals surface area contributed by atoms with E-state index in [1.54, 1.807) is 33.9 Å². The number of likely N-dealkylation sites (N-methyl/N-ethyl adjacent to an activating group) is 1. The molecule has 0 heterocycles. The molecule has 1 aromatic rings. The van der Waals surface area contributed by atoms with E-state index in [0.717, 1.165) is 17.9 Å². The van der Waals surface area contributed by atoms with Gasteiger partial charge in [0.25, 0.3) is 0 Å². The third-order valence-electron chi connectivity index (χ3n) is 3.14. The maximum Gasteiger partial charge on any atom is 0.159 e. The first-order valence-electron chi connectivity index (χ1n) is 6.89. The van der Waals surface area contributed by atoms with Gasteiger partial charge in [-0.3, -0.25) is 9.69 Å². The molecule has 0 saturated carbocycles. The largest absolute Gasteiger partial charge is 0.496 e. The Hall–Kier alpha value is -1.39. The Morgan fingerprint density at radius 3 is 2.50 bits per heavy atom. The number of nitrogens with zero attached hydrogens (tertiary/aromatic N) is 1. The molecular formula is C16H25NO3. The first kappa shape index (κ1) is 16.7. The van der Waals surface area contributed by atoms with Gasteiger partial charge in [0.15, 0.2) is 5.78 Å². The molecule has 20 heavy (non-hydrogen) atoms. The van der Waals surface area contributed by atoms with E-state index >= 15 is 0 Å². The topological polar surface area (TPSA) is 49.8 Å². The highest BCUT2D eigenvalue weighted by molar-refractivity contribution is 5.94. The second-order valence-corrected chi connectivity index (χ2v) is 5.70. The normalized spacial score (nSPS) is 11.8. The molecule has 0 fully saturated rings. The maximum atomic E-state index is 11.5. The third-order valence-corrected chi connectivity index (χ3v) is 3.14. The quantitative estimate of drug-likeness (QED) is 0.779. The first-order chi connectivity index (χ1) is 9.26. The summed E-state index contributed by atoms with van der Waals surface area (Å²) in [5, 5.41) is 9.94. The van der Waals surface area contributed by atoms with Crippen molar-refractivity contribution in [2.75, 3.05) is 20.2 Å². The first-order valence-corrected chi connectivity index (χ1v) is 6.89. The lowest BCUT2D eigenvalue weighted by molar-refractivity contribution is 0.0351. The van der Waals surface area contributed by atoms with E-state index in [4.69, 9.17) is 4.74 Å². The van der Waals surface area contributed by atoms with Crippen LogP contribution in [0.15, 0.2) is 18.2 Å². The SMILES string of the molecule is CCN(Cc1cc(C(C)=O)ccc1OC)CC(C)(C)O. The lowest BCUT2D eigenvalue weighted by Gasteiger charge is -2.28. The number of benzene rings is 1. The zero-order chi connectivity index (χ0) is 15.3. The average molecular weight is 279 g/mol. The van der Waals surface area contributed by atoms with Crippen molar-refractivity contribution in [2.45, 2.75) is 39.8 Å². The summed E-state index contributed by atoms with van der Waals surface area (Å²) in [5.74, 6) is 0.809. The molecular weight excluding hydrogens is 254 g/mol. The molecule has 1 rings (SSSR count). The van der Waals surface area contributed by atoms with Crippen LogP contribution in [0, 0.1) is 0 Å². The number of carbonyl (C=O) groups is 1. The molecule has 0 aliphatic carbocycles. The fourth-order valence-electron chi connectivity index (χ4n) is 2.19. The van der Waals surface area contributed by atoms with E-state index in [9.17, 15) is 9.90 Å². The second kappa shape index (κ2) is 6.86. The number of methoxy groups -OCH3 is 1. The van der Waals surface area contributed by atoms with Crippen molar-refractivity contribution in [3.63, 3.8) is 0 Å². The summed E-state index contributed by atoms with van der Waals surface area (Å²) < 4.78 is 5.36. The minimum atomic E-state index is -0.749. The summed E-state index contributed by atoms with van der Waals surface area (Å²) in [6.45, 7) is 9.21. The van der Waals surface area contributed by atoms with Gasteiger partial charge in [0.2, 0.25) is 0 Å². The number of Topliss-reactive ketones (excluding diaryl/α,β-unsaturated/α-hetero) is 1. The van der Waals surface area contributed by atoms with E-state index in [2.05, 4.69) is 4.90 Å². The number of ether oxygens (including phenoxy) is 1. The smallest absolute Gasteiger partial charge is 0.159 e. The summed E-state index contributed by atoms with van der Waals surface area (Å²) in [4.78, 5) is 13.6. The lowest BCUT2D eigenvalue weighted by atomic mass is 10.0. The molecule has 0 amide bonds. The third kappa shape index (κ3) is 4.94. The molecule has 0 aliphatic heterocycles. The average Bonchev–Trinajstić information content (AvgIpc) is 2.36. The minimum Gasteiger partial charge on any atom is -0.496 e. The Morgan fingerprint density at radius 1 is 1.40 bits per heavy atom. The van der Waals surface area contributed by atoms with Gasteiger partial charge in [-0.25, -0.2) is 0 Å². The van der Waals surface area contributed by atoms with Crippen LogP contribution < -0.4 is 4.74 Å². The second-order valence-electron chi connectivity index (χ2n) is 5.70. The molecule has 4 nitrogen and oxygen atoms in total. The number of carbonyl (C=O) groups excluding carboxylic acids is 1. The fourth-order valence-corrected chi connectivity index (χ4v) is 2.19. The van der Waals surface area contributed by atoms with Crippen LogP contribution in [0.1, 0.15) is 43.6 Å². The maximum absolute atomic E-state index is 11.5. The van der Waals surface area contributed by atoms with E-state index in [1.807, 2.05) is 19.1 Å². The van der Waals surface area contributed by atoms with Crippen molar-refractivity contribution < 1.29 is 14.6 Å². The lowest BCUT2D eigenvalue weighted by Crippen LogP contribution is -2.38. The van der Waals surface area contributed by atoms with Crippen LogP contribution in [0.2, 0.25) is 0 Å². The molecule has 112 valence electrons. The standard InChI is InChI=1S/C16H25NO3/c1-6-17(11-16(3,4)19)10-14-9-13(12(2)18)7-8-15(14)20-5/h7-9,19H,6,10-11H2,1-5H3. The monoisotopic (exact) mass is 279 g/mol. The molecule has 0 aromatic heterocycles. The van der Waals surface area contributed by atoms with Gasteiger partial charge in [0.1, 0.15) is 5.75 Å². The molecule has 4 heteroatoms. The van der Waals surface area contributed by atoms with Gasteiger partial charge < -0.3 is 9.84 Å². The molecule has 0 spiro atoms. The number of aliphatic hydroxyl groups is 1. The van der Waals surface area contributed by atoms with Crippen molar-refractivity contribution in [3.8, 4) is 5.75 Å². The van der Waals surface area contributed by atoms with Gasteiger partial charge in [-0.15, -0.1) is 0 Å². The Morgan fingerprint density at radius 2 is 2.05 bits per heavy atom. The molecule has 0 atom stereocenters. The van der Waals surface area contributed by atoms with Crippen LogP contribution in [-0.4, -0.2) is 41.6 Å². The highest BCUT2D eigenvalue weighted by Gasteiger charge is 2.18. The van der Waals surface area contributed by atoms with Gasteiger partial charge in [0, 0.05) is 24.2 Å². The number of hydrogen-bond donors (Lipinski definition) is 1. The number of ketones is 1. The van der Waals surface area contributed by atoms with Crippen LogP contribution in [0.5, 0.6) is 5.75 Å². The van der Waals surface area contributed by atoms with Crippen LogP contribution in [0.4, 0.5) is 0 Å². The summed E-state index contributed by atoms with van der Waals surface area (Å²) in [6, 6.07) is 5.47. The molecule has 0 aliphatic rings. The predicted molar refractivity (Wildman–Crippen MR) is 80.2 cm³/mol. The Labute approximate surface area is 121 Å². The molecule has 0 saturated heterocycles. The van der Waals surface area contributed by atoms with E-state index in [0.29, 0.717) is 18.7 Å². The van der Waals surface area contributed by atoms with Gasteiger partial charge in [0.05, 0.1) is 12.7 Å². The van der Waals surface area contributed by atoms with E-state index < -0.39 is 5.60 Å². The van der Waals surface area contributed by atoms with Gasteiger partial charge in [-0.1, -0.05) is 6.92 Å². The van der Waals surface area contributed by atoms with Crippen molar-refractivity contribution in [1.29, 1.82) is 0 Å². The van der Waals surface area contributed by atoms with Crippen molar-refractivity contribution in [1.82, 2.24) is 4.90 Å². The fraction of sp³-hybridized carbons (Fsp3) is 0.562. The summed E-state index contributed by atoms with van der Waals surface area (Å²) in [6.07, 6.45) is 0. The Balaban J connectivity index is 2.98. The highest BCUT2D eigenvalue weighted by atomic mass is 16.5. The molecule has 0 unspecified atom stereocenters. The van der Waals surface area contributed by atoms with Gasteiger partial charge in [-0.05, 0) is 45.5 Å². The van der Waals surface area contributed by atoms with Crippen LogP contribution in [0.3, 0.4) is 0 Å². The highest BCUT2D eigenvalue weighted by Crippen LogP contribution is 2.22. The number of rotatable bonds is 7. The number of hydrogen-bond acceptors (Lipinski definition) is 4. The Kier molecular flexibility index (Phi) is 5.72. The molecule has 1 aromatic carbocycles. The Bertz CT molecular complexity index is 463. The molecule has 0 radical (unpaired) electrons. The summed E-state index contributed by atoms with van der Waals surface area (Å²) in [7, 11) is 1.62. The van der Waals surface area contributed by atoms with Crippen LogP contribution in [0.25, 0.3) is 0 Å². The van der Waals surface area contributed by atoms with Crippen molar-refractivity contribution >= 4 is 5.78 Å². The van der Waals surface area contributed by atoms with Gasteiger partial charge in [-0.2, -0.15) is 0 Å². The minimum absolute atomic E-state index is 0.0411. The predicted octanol–water partition coefficient (Wildman–Crippen LogP) is 2.49. The molecule has 1 N–H and O–H groups in total. The molecule has 0 bridgehead atoms. The van der Waals surface area contributed by atoms with Gasteiger partial charge >= 0.3 is 0 Å².